The van der Waals surface area contributed by atoms with Crippen LogP contribution in [0.3, 0.4) is 0 Å². The average Bonchev–Trinajstić information content (AvgIpc) is 3.13. The number of anilines is 1. The second kappa shape index (κ2) is 8.04. The van der Waals surface area contributed by atoms with Crippen LogP contribution in [0.4, 0.5) is 5.69 Å². The molecular weight excluding hydrogens is 453 g/mol. The molecular formula is C18H18BrCl2N5O. The molecule has 0 spiro atoms. The molecule has 0 bridgehead atoms. The summed E-state index contributed by atoms with van der Waals surface area (Å²) in [6.07, 6.45) is 1.78. The smallest absolute Gasteiger partial charge is 0.277 e. The molecule has 0 saturated heterocycles. The number of benzene rings is 1. The number of carbonyl (C=O) groups is 1. The van der Waals surface area contributed by atoms with Gasteiger partial charge in [-0.25, -0.2) is 0 Å². The molecule has 142 valence electrons. The molecule has 0 unspecified atom stereocenters. The molecule has 2 heterocycles. The van der Waals surface area contributed by atoms with Gasteiger partial charge in [0.15, 0.2) is 5.69 Å². The summed E-state index contributed by atoms with van der Waals surface area (Å²) < 4.78 is 4.18. The summed E-state index contributed by atoms with van der Waals surface area (Å²) in [7, 11) is 0. The summed E-state index contributed by atoms with van der Waals surface area (Å²) in [5.41, 5.74) is 3.56. The van der Waals surface area contributed by atoms with E-state index in [0.717, 1.165) is 17.0 Å². The molecule has 3 aromatic rings. The van der Waals surface area contributed by atoms with E-state index in [-0.39, 0.29) is 5.91 Å². The molecule has 27 heavy (non-hydrogen) atoms. The normalized spacial score (nSPS) is 11.0. The van der Waals surface area contributed by atoms with Crippen LogP contribution in [-0.2, 0) is 13.1 Å². The predicted octanol–water partition coefficient (Wildman–Crippen LogP) is 5.09. The molecule has 6 nitrogen and oxygen atoms in total. The van der Waals surface area contributed by atoms with Gasteiger partial charge in [-0.1, -0.05) is 29.3 Å². The Morgan fingerprint density at radius 2 is 1.96 bits per heavy atom. The first kappa shape index (κ1) is 19.9. The molecule has 0 saturated carbocycles. The van der Waals surface area contributed by atoms with Gasteiger partial charge in [-0.15, -0.1) is 0 Å². The van der Waals surface area contributed by atoms with Crippen molar-refractivity contribution in [3.05, 3.63) is 61.6 Å². The van der Waals surface area contributed by atoms with Crippen molar-refractivity contribution >= 4 is 50.7 Å². The largest absolute Gasteiger partial charge is 0.317 e. The SMILES string of the molecule is CCn1cc(Br)c(C(=O)Nc2c(C)nn(Cc3ccc(Cl)c(Cl)c3)c2C)n1. The number of hydrogen-bond acceptors (Lipinski definition) is 3. The first-order chi connectivity index (χ1) is 12.8. The molecule has 9 heteroatoms. The lowest BCUT2D eigenvalue weighted by Gasteiger charge is -2.07. The number of aromatic nitrogens is 4. The van der Waals surface area contributed by atoms with E-state index in [2.05, 4.69) is 31.4 Å². The lowest BCUT2D eigenvalue weighted by molar-refractivity contribution is 0.102. The van der Waals surface area contributed by atoms with Crippen LogP contribution < -0.4 is 5.32 Å². The topological polar surface area (TPSA) is 64.7 Å². The average molecular weight is 471 g/mol. The van der Waals surface area contributed by atoms with E-state index in [9.17, 15) is 4.79 Å². The number of nitrogens with one attached hydrogen (secondary N) is 1. The summed E-state index contributed by atoms with van der Waals surface area (Å²) in [5.74, 6) is -0.283. The lowest BCUT2D eigenvalue weighted by atomic mass is 10.2. The molecule has 3 rings (SSSR count). The Morgan fingerprint density at radius 1 is 1.22 bits per heavy atom. The maximum Gasteiger partial charge on any atom is 0.277 e. The number of carbonyl (C=O) groups excluding carboxylic acids is 1. The fourth-order valence-corrected chi connectivity index (χ4v) is 3.54. The minimum Gasteiger partial charge on any atom is -0.317 e. The van der Waals surface area contributed by atoms with Crippen LogP contribution in [0.15, 0.2) is 28.9 Å². The van der Waals surface area contributed by atoms with Gasteiger partial charge in [-0.2, -0.15) is 10.2 Å². The van der Waals surface area contributed by atoms with Crippen LogP contribution >= 0.6 is 39.1 Å². The van der Waals surface area contributed by atoms with Gasteiger partial charge in [-0.05, 0) is 54.4 Å². The van der Waals surface area contributed by atoms with Gasteiger partial charge >= 0.3 is 0 Å². The second-order valence-electron chi connectivity index (χ2n) is 6.09. The first-order valence-electron chi connectivity index (χ1n) is 8.32. The van der Waals surface area contributed by atoms with Crippen molar-refractivity contribution in [3.8, 4) is 0 Å². The van der Waals surface area contributed by atoms with E-state index >= 15 is 0 Å². The van der Waals surface area contributed by atoms with Crippen molar-refractivity contribution < 1.29 is 4.79 Å². The van der Waals surface area contributed by atoms with Gasteiger partial charge in [-0.3, -0.25) is 14.2 Å². The highest BCUT2D eigenvalue weighted by molar-refractivity contribution is 9.10. The highest BCUT2D eigenvalue weighted by atomic mass is 79.9. The van der Waals surface area contributed by atoms with Crippen LogP contribution in [-0.4, -0.2) is 25.5 Å². The number of hydrogen-bond donors (Lipinski definition) is 1. The van der Waals surface area contributed by atoms with Crippen LogP contribution in [0.5, 0.6) is 0 Å². The fraction of sp³-hybridized carbons (Fsp3) is 0.278. The molecule has 1 aromatic carbocycles. The molecule has 0 aliphatic rings. The van der Waals surface area contributed by atoms with Gasteiger partial charge in [0.2, 0.25) is 0 Å². The quantitative estimate of drug-likeness (QED) is 0.565. The Bertz CT molecular complexity index is 1010. The summed E-state index contributed by atoms with van der Waals surface area (Å²) in [6.45, 7) is 6.93. The number of nitrogens with zero attached hydrogens (tertiary/aromatic N) is 4. The zero-order valence-electron chi connectivity index (χ0n) is 15.1. The maximum atomic E-state index is 12.6. The third-order valence-electron chi connectivity index (χ3n) is 4.19. The van der Waals surface area contributed by atoms with Crippen LogP contribution in [0.25, 0.3) is 0 Å². The second-order valence-corrected chi connectivity index (χ2v) is 7.76. The number of amides is 1. The Balaban J connectivity index is 1.83. The van der Waals surface area contributed by atoms with E-state index in [1.807, 2.05) is 37.6 Å². The summed E-state index contributed by atoms with van der Waals surface area (Å²) in [5, 5.41) is 12.8. The van der Waals surface area contributed by atoms with Gasteiger partial charge in [0.1, 0.15) is 0 Å². The molecule has 0 aliphatic carbocycles. The van der Waals surface area contributed by atoms with Crippen LogP contribution in [0.1, 0.15) is 34.4 Å². The Labute approximate surface area is 175 Å². The maximum absolute atomic E-state index is 12.6. The molecule has 0 atom stereocenters. The van der Waals surface area contributed by atoms with Crippen molar-refractivity contribution in [3.63, 3.8) is 0 Å². The minimum absolute atomic E-state index is 0.283. The Kier molecular flexibility index (Phi) is 5.93. The predicted molar refractivity (Wildman–Crippen MR) is 111 cm³/mol. The van der Waals surface area contributed by atoms with Crippen molar-refractivity contribution in [2.45, 2.75) is 33.9 Å². The summed E-state index contributed by atoms with van der Waals surface area (Å²) >= 11 is 15.4. The van der Waals surface area contributed by atoms with E-state index < -0.39 is 0 Å². The lowest BCUT2D eigenvalue weighted by Crippen LogP contribution is -2.15. The highest BCUT2D eigenvalue weighted by Crippen LogP contribution is 2.25. The number of aryl methyl sites for hydroxylation is 2. The molecule has 0 radical (unpaired) electrons. The zero-order valence-corrected chi connectivity index (χ0v) is 18.2. The highest BCUT2D eigenvalue weighted by Gasteiger charge is 2.19. The van der Waals surface area contributed by atoms with E-state index in [1.165, 1.54) is 0 Å². The first-order valence-corrected chi connectivity index (χ1v) is 9.87. The number of rotatable bonds is 5. The standard InChI is InChI=1S/C18H18BrCl2N5O/c1-4-25-9-13(19)17(24-25)18(27)22-16-10(2)23-26(11(16)3)8-12-5-6-14(20)15(21)7-12/h5-7,9H,4,8H2,1-3H3,(H,22,27). The van der Waals surface area contributed by atoms with Crippen molar-refractivity contribution in [1.29, 1.82) is 0 Å². The van der Waals surface area contributed by atoms with E-state index in [0.29, 0.717) is 39.0 Å². The number of halogens is 3. The van der Waals surface area contributed by atoms with Gasteiger partial charge in [0.25, 0.3) is 5.91 Å². The van der Waals surface area contributed by atoms with E-state index in [1.54, 1.807) is 16.9 Å². The van der Waals surface area contributed by atoms with Crippen LogP contribution in [0, 0.1) is 13.8 Å². The monoisotopic (exact) mass is 469 g/mol. The van der Waals surface area contributed by atoms with Crippen molar-refractivity contribution in [2.75, 3.05) is 5.32 Å². The minimum atomic E-state index is -0.283. The third kappa shape index (κ3) is 4.20. The van der Waals surface area contributed by atoms with Crippen molar-refractivity contribution in [1.82, 2.24) is 19.6 Å². The van der Waals surface area contributed by atoms with Gasteiger partial charge < -0.3 is 5.32 Å². The summed E-state index contributed by atoms with van der Waals surface area (Å²) in [4.78, 5) is 12.6. The van der Waals surface area contributed by atoms with Crippen molar-refractivity contribution in [2.24, 2.45) is 0 Å². The molecule has 0 fully saturated rings. The Hall–Kier alpha value is -1.83. The molecule has 2 aromatic heterocycles. The Morgan fingerprint density at radius 3 is 2.59 bits per heavy atom. The van der Waals surface area contributed by atoms with E-state index in [4.69, 9.17) is 23.2 Å². The molecule has 1 amide bonds. The fourth-order valence-electron chi connectivity index (χ4n) is 2.73. The molecule has 0 aliphatic heterocycles. The van der Waals surface area contributed by atoms with Gasteiger partial charge in [0.05, 0.1) is 38.1 Å². The third-order valence-corrected chi connectivity index (χ3v) is 5.51. The molecule has 1 N–H and O–H groups in total. The summed E-state index contributed by atoms with van der Waals surface area (Å²) in [6, 6.07) is 5.47. The zero-order chi connectivity index (χ0) is 19.7. The van der Waals surface area contributed by atoms with Gasteiger partial charge in [0, 0.05) is 12.7 Å². The van der Waals surface area contributed by atoms with Crippen LogP contribution in [0.2, 0.25) is 10.0 Å².